The number of halogens is 2. The van der Waals surface area contributed by atoms with E-state index in [9.17, 15) is 4.39 Å². The van der Waals surface area contributed by atoms with Crippen LogP contribution in [0.25, 0.3) is 0 Å². The minimum Gasteiger partial charge on any atom is -0.330 e. The maximum atomic E-state index is 13.1. The fourth-order valence-electron chi connectivity index (χ4n) is 2.28. The molecule has 1 aromatic rings. The van der Waals surface area contributed by atoms with Crippen LogP contribution in [0.3, 0.4) is 0 Å². The Balaban J connectivity index is 1.91. The van der Waals surface area contributed by atoms with E-state index in [1.165, 1.54) is 18.9 Å². The number of nitrogens with zero attached hydrogens (tertiary/aromatic N) is 1. The third kappa shape index (κ3) is 3.50. The molecule has 0 aliphatic carbocycles. The number of likely N-dealkylation sites (tertiary alicyclic amines) is 1. The molecule has 4 heteroatoms. The molecule has 94 valence electrons. The van der Waals surface area contributed by atoms with E-state index >= 15 is 0 Å². The normalized spacial score (nSPS) is 18.5. The largest absolute Gasteiger partial charge is 0.330 e. The first kappa shape index (κ1) is 13.0. The van der Waals surface area contributed by atoms with Crippen molar-refractivity contribution in [1.29, 1.82) is 0 Å². The van der Waals surface area contributed by atoms with Gasteiger partial charge >= 0.3 is 0 Å². The van der Waals surface area contributed by atoms with Gasteiger partial charge in [-0.25, -0.2) is 4.39 Å². The van der Waals surface area contributed by atoms with Crippen LogP contribution in [-0.2, 0) is 6.54 Å². The number of hydrogen-bond acceptors (Lipinski definition) is 2. The molecule has 17 heavy (non-hydrogen) atoms. The zero-order chi connectivity index (χ0) is 12.3. The van der Waals surface area contributed by atoms with E-state index in [-0.39, 0.29) is 5.82 Å². The molecule has 1 aliphatic heterocycles. The molecule has 0 saturated carbocycles. The van der Waals surface area contributed by atoms with Crippen LogP contribution < -0.4 is 5.73 Å². The van der Waals surface area contributed by atoms with Gasteiger partial charge in [-0.3, -0.25) is 4.90 Å². The molecule has 0 atom stereocenters. The quantitative estimate of drug-likeness (QED) is 0.930. The molecule has 2 rings (SSSR count). The van der Waals surface area contributed by atoms with Crippen molar-refractivity contribution in [2.75, 3.05) is 19.6 Å². The highest BCUT2D eigenvalue weighted by molar-refractivity contribution is 9.10. The molecule has 1 aliphatic rings. The van der Waals surface area contributed by atoms with Gasteiger partial charge < -0.3 is 5.73 Å². The number of rotatable bonds is 3. The molecule has 1 heterocycles. The lowest BCUT2D eigenvalue weighted by Crippen LogP contribution is -2.35. The maximum Gasteiger partial charge on any atom is 0.137 e. The Morgan fingerprint density at radius 3 is 2.65 bits per heavy atom. The first-order valence-corrected chi connectivity index (χ1v) is 6.84. The average molecular weight is 301 g/mol. The molecule has 1 fully saturated rings. The molecule has 0 radical (unpaired) electrons. The van der Waals surface area contributed by atoms with Gasteiger partial charge in [-0.15, -0.1) is 0 Å². The van der Waals surface area contributed by atoms with Gasteiger partial charge in [0.05, 0.1) is 4.47 Å². The summed E-state index contributed by atoms with van der Waals surface area (Å²) in [6.45, 7) is 3.89. The molecular formula is C13H18BrFN2. The van der Waals surface area contributed by atoms with E-state index in [0.29, 0.717) is 10.4 Å². The topological polar surface area (TPSA) is 29.3 Å². The number of nitrogens with two attached hydrogens (primary N) is 1. The summed E-state index contributed by atoms with van der Waals surface area (Å²) in [4.78, 5) is 2.41. The summed E-state index contributed by atoms with van der Waals surface area (Å²) >= 11 is 3.22. The van der Waals surface area contributed by atoms with Crippen LogP contribution in [-0.4, -0.2) is 24.5 Å². The minimum atomic E-state index is -0.199. The van der Waals surface area contributed by atoms with Crippen LogP contribution in [0.5, 0.6) is 0 Å². The van der Waals surface area contributed by atoms with Crippen molar-refractivity contribution < 1.29 is 4.39 Å². The molecule has 2 N–H and O–H groups in total. The lowest BCUT2D eigenvalue weighted by molar-refractivity contribution is 0.180. The highest BCUT2D eigenvalue weighted by Gasteiger charge is 2.18. The lowest BCUT2D eigenvalue weighted by atomic mass is 9.97. The fraction of sp³-hybridized carbons (Fsp3) is 0.538. The smallest absolute Gasteiger partial charge is 0.137 e. The molecule has 0 amide bonds. The van der Waals surface area contributed by atoms with E-state index in [1.807, 2.05) is 12.1 Å². The Morgan fingerprint density at radius 2 is 2.06 bits per heavy atom. The predicted octanol–water partition coefficient (Wildman–Crippen LogP) is 2.76. The summed E-state index contributed by atoms with van der Waals surface area (Å²) < 4.78 is 13.6. The summed E-state index contributed by atoms with van der Waals surface area (Å²) in [6, 6.07) is 5.24. The summed E-state index contributed by atoms with van der Waals surface area (Å²) in [6.07, 6.45) is 2.36. The van der Waals surface area contributed by atoms with Crippen LogP contribution in [0.1, 0.15) is 18.4 Å². The molecule has 2 nitrogen and oxygen atoms in total. The molecule has 0 bridgehead atoms. The van der Waals surface area contributed by atoms with Gasteiger partial charge in [-0.05, 0) is 72.0 Å². The van der Waals surface area contributed by atoms with Crippen LogP contribution in [0.2, 0.25) is 0 Å². The van der Waals surface area contributed by atoms with E-state index in [1.54, 1.807) is 0 Å². The first-order valence-electron chi connectivity index (χ1n) is 6.05. The van der Waals surface area contributed by atoms with Crippen molar-refractivity contribution in [3.63, 3.8) is 0 Å². The maximum absolute atomic E-state index is 13.1. The van der Waals surface area contributed by atoms with E-state index in [4.69, 9.17) is 5.73 Å². The zero-order valence-corrected chi connectivity index (χ0v) is 11.4. The summed E-state index contributed by atoms with van der Waals surface area (Å²) in [5, 5.41) is 0. The van der Waals surface area contributed by atoms with Gasteiger partial charge in [0, 0.05) is 6.54 Å². The Hall–Kier alpha value is -0.450. The second-order valence-corrected chi connectivity index (χ2v) is 5.56. The number of hydrogen-bond donors (Lipinski definition) is 1. The van der Waals surface area contributed by atoms with Crippen molar-refractivity contribution in [1.82, 2.24) is 4.90 Å². The lowest BCUT2D eigenvalue weighted by Gasteiger charge is -2.31. The standard InChI is InChI=1S/C13H18BrFN2/c14-12-7-11(1-2-13(12)15)9-17-5-3-10(8-16)4-6-17/h1-2,7,10H,3-6,8-9,16H2. The van der Waals surface area contributed by atoms with E-state index in [0.717, 1.165) is 31.7 Å². The zero-order valence-electron chi connectivity index (χ0n) is 9.83. The summed E-state index contributed by atoms with van der Waals surface area (Å²) in [7, 11) is 0. The monoisotopic (exact) mass is 300 g/mol. The minimum absolute atomic E-state index is 0.199. The SMILES string of the molecule is NCC1CCN(Cc2ccc(F)c(Br)c2)CC1. The molecule has 0 unspecified atom stereocenters. The number of piperidine rings is 1. The van der Waals surface area contributed by atoms with Crippen LogP contribution in [0.4, 0.5) is 4.39 Å². The van der Waals surface area contributed by atoms with Gasteiger partial charge in [0.25, 0.3) is 0 Å². The molecule has 0 aromatic heterocycles. The van der Waals surface area contributed by atoms with Gasteiger partial charge in [0.15, 0.2) is 0 Å². The van der Waals surface area contributed by atoms with Gasteiger partial charge in [0.2, 0.25) is 0 Å². The third-order valence-electron chi connectivity index (χ3n) is 3.43. The Labute approximate surface area is 110 Å². The van der Waals surface area contributed by atoms with Gasteiger partial charge in [-0.2, -0.15) is 0 Å². The van der Waals surface area contributed by atoms with Crippen molar-refractivity contribution >= 4 is 15.9 Å². The van der Waals surface area contributed by atoms with E-state index < -0.39 is 0 Å². The Kier molecular flexibility index (Phi) is 4.54. The Morgan fingerprint density at radius 1 is 1.35 bits per heavy atom. The van der Waals surface area contributed by atoms with Crippen LogP contribution >= 0.6 is 15.9 Å². The highest BCUT2D eigenvalue weighted by Crippen LogP contribution is 2.21. The van der Waals surface area contributed by atoms with Gasteiger partial charge in [-0.1, -0.05) is 6.07 Å². The van der Waals surface area contributed by atoms with Crippen molar-refractivity contribution in [3.8, 4) is 0 Å². The van der Waals surface area contributed by atoms with Gasteiger partial charge in [0.1, 0.15) is 5.82 Å². The van der Waals surface area contributed by atoms with Crippen molar-refractivity contribution in [2.24, 2.45) is 11.7 Å². The molecule has 1 aromatic carbocycles. The van der Waals surface area contributed by atoms with Crippen molar-refractivity contribution in [2.45, 2.75) is 19.4 Å². The first-order chi connectivity index (χ1) is 8.19. The summed E-state index contributed by atoms with van der Waals surface area (Å²) in [5.74, 6) is 0.488. The Bertz CT molecular complexity index is 376. The van der Waals surface area contributed by atoms with Crippen LogP contribution in [0.15, 0.2) is 22.7 Å². The summed E-state index contributed by atoms with van der Waals surface area (Å²) in [5.41, 5.74) is 6.83. The average Bonchev–Trinajstić information content (AvgIpc) is 2.35. The molecule has 0 spiro atoms. The highest BCUT2D eigenvalue weighted by atomic mass is 79.9. The predicted molar refractivity (Wildman–Crippen MR) is 71.2 cm³/mol. The fourth-order valence-corrected chi connectivity index (χ4v) is 2.70. The number of benzene rings is 1. The van der Waals surface area contributed by atoms with E-state index in [2.05, 4.69) is 20.8 Å². The van der Waals surface area contributed by atoms with Crippen LogP contribution in [0, 0.1) is 11.7 Å². The molecule has 1 saturated heterocycles. The second-order valence-electron chi connectivity index (χ2n) is 4.70. The molecular weight excluding hydrogens is 283 g/mol. The second kappa shape index (κ2) is 5.94. The third-order valence-corrected chi connectivity index (χ3v) is 4.04. The van der Waals surface area contributed by atoms with Crippen molar-refractivity contribution in [3.05, 3.63) is 34.1 Å².